The monoisotopic (exact) mass is 566 g/mol. The average molecular weight is 568 g/mol. The second-order valence-electron chi connectivity index (χ2n) is 8.41. The first-order valence-corrected chi connectivity index (χ1v) is 12.5. The van der Waals surface area contributed by atoms with Gasteiger partial charge in [-0.1, -0.05) is 51.8 Å². The Bertz CT molecular complexity index is 1420. The number of halogens is 2. The molecule has 4 amide bonds. The van der Waals surface area contributed by atoms with Crippen molar-refractivity contribution < 1.29 is 19.1 Å². The lowest BCUT2D eigenvalue weighted by atomic mass is 10.00. The van der Waals surface area contributed by atoms with Crippen LogP contribution in [0, 0.1) is 13.8 Å². The Hall–Kier alpha value is -3.42. The van der Waals surface area contributed by atoms with E-state index in [-0.39, 0.29) is 5.57 Å². The maximum atomic E-state index is 13.3. The minimum Gasteiger partial charge on any atom is -0.494 e. The molecule has 6 nitrogen and oxygen atoms in total. The van der Waals surface area contributed by atoms with Gasteiger partial charge in [-0.25, -0.2) is 9.69 Å². The number of nitrogens with one attached hydrogen (secondary N) is 1. The van der Waals surface area contributed by atoms with Crippen molar-refractivity contribution in [1.29, 1.82) is 0 Å². The van der Waals surface area contributed by atoms with Crippen molar-refractivity contribution in [3.05, 3.63) is 97.5 Å². The van der Waals surface area contributed by atoms with Crippen LogP contribution in [-0.4, -0.2) is 24.5 Å². The van der Waals surface area contributed by atoms with Crippen LogP contribution in [0.3, 0.4) is 0 Å². The van der Waals surface area contributed by atoms with E-state index in [4.69, 9.17) is 16.3 Å². The fourth-order valence-corrected chi connectivity index (χ4v) is 4.73. The van der Waals surface area contributed by atoms with Crippen molar-refractivity contribution in [2.45, 2.75) is 27.2 Å². The van der Waals surface area contributed by atoms with Gasteiger partial charge in [0.25, 0.3) is 11.8 Å². The maximum Gasteiger partial charge on any atom is 0.335 e. The summed E-state index contributed by atoms with van der Waals surface area (Å²) in [5.74, 6) is -0.843. The number of benzene rings is 3. The van der Waals surface area contributed by atoms with Crippen LogP contribution >= 0.6 is 27.5 Å². The van der Waals surface area contributed by atoms with Crippen LogP contribution in [0.25, 0.3) is 6.08 Å². The molecule has 0 spiro atoms. The zero-order valence-electron chi connectivity index (χ0n) is 20.0. The molecule has 0 unspecified atom stereocenters. The van der Waals surface area contributed by atoms with E-state index in [1.807, 2.05) is 51.1 Å². The lowest BCUT2D eigenvalue weighted by Crippen LogP contribution is -2.54. The molecule has 8 heteroatoms. The number of hydrogen-bond donors (Lipinski definition) is 1. The highest BCUT2D eigenvalue weighted by molar-refractivity contribution is 9.10. The molecular weight excluding hydrogens is 544 g/mol. The fraction of sp³-hybridized carbons (Fsp3) is 0.179. The second kappa shape index (κ2) is 10.7. The molecule has 3 aromatic rings. The number of barbiturate groups is 1. The van der Waals surface area contributed by atoms with E-state index in [9.17, 15) is 14.4 Å². The summed E-state index contributed by atoms with van der Waals surface area (Å²) < 4.78 is 6.63. The standard InChI is InChI=1S/C28H24BrClN2O4/c1-4-36-25-14-18(13-23(29)21(25)15-19-7-5-6-8-24(19)30)12-22-26(33)31-28(35)32(27(22)34)20-10-9-16(2)17(3)11-20/h5-14H,4,15H2,1-3H3,(H,31,33,35)/b22-12+. The normalized spacial score (nSPS) is 14.9. The van der Waals surface area contributed by atoms with Crippen molar-refractivity contribution in [3.8, 4) is 5.75 Å². The molecular formula is C28H24BrClN2O4. The highest BCUT2D eigenvalue weighted by Gasteiger charge is 2.37. The molecule has 4 rings (SSSR count). The predicted molar refractivity (Wildman–Crippen MR) is 144 cm³/mol. The van der Waals surface area contributed by atoms with E-state index >= 15 is 0 Å². The van der Waals surface area contributed by atoms with Gasteiger partial charge in [-0.05, 0) is 79.4 Å². The number of urea groups is 1. The Balaban J connectivity index is 1.73. The molecule has 0 atom stereocenters. The minimum absolute atomic E-state index is 0.152. The van der Waals surface area contributed by atoms with Gasteiger partial charge in [-0.2, -0.15) is 0 Å². The smallest absolute Gasteiger partial charge is 0.335 e. The first kappa shape index (κ1) is 25.7. The first-order valence-electron chi connectivity index (χ1n) is 11.4. The number of rotatable bonds is 6. The highest BCUT2D eigenvalue weighted by Crippen LogP contribution is 2.34. The second-order valence-corrected chi connectivity index (χ2v) is 9.67. The van der Waals surface area contributed by atoms with Crippen LogP contribution in [0.2, 0.25) is 5.02 Å². The van der Waals surface area contributed by atoms with Gasteiger partial charge in [0.05, 0.1) is 12.3 Å². The van der Waals surface area contributed by atoms with E-state index in [2.05, 4.69) is 21.2 Å². The number of carbonyl (C=O) groups excluding carboxylic acids is 3. The van der Waals surface area contributed by atoms with Crippen molar-refractivity contribution in [2.24, 2.45) is 0 Å². The van der Waals surface area contributed by atoms with Crippen molar-refractivity contribution in [1.82, 2.24) is 5.32 Å². The maximum absolute atomic E-state index is 13.3. The molecule has 0 saturated carbocycles. The number of ether oxygens (including phenoxy) is 1. The van der Waals surface area contributed by atoms with E-state index < -0.39 is 17.8 Å². The molecule has 1 aliphatic rings. The molecule has 3 aromatic carbocycles. The van der Waals surface area contributed by atoms with Gasteiger partial charge in [-0.15, -0.1) is 0 Å². The van der Waals surface area contributed by atoms with E-state index in [1.165, 1.54) is 6.08 Å². The first-order chi connectivity index (χ1) is 17.2. The van der Waals surface area contributed by atoms with Crippen LogP contribution in [-0.2, 0) is 16.0 Å². The largest absolute Gasteiger partial charge is 0.494 e. The summed E-state index contributed by atoms with van der Waals surface area (Å²) in [5, 5.41) is 2.92. The minimum atomic E-state index is -0.781. The fourth-order valence-electron chi connectivity index (χ4n) is 3.93. The molecule has 0 aromatic heterocycles. The number of hydrogen-bond acceptors (Lipinski definition) is 4. The molecule has 1 fully saturated rings. The Morgan fingerprint density at radius 2 is 1.78 bits per heavy atom. The Morgan fingerprint density at radius 3 is 2.47 bits per heavy atom. The van der Waals surface area contributed by atoms with E-state index in [0.29, 0.717) is 35.1 Å². The lowest BCUT2D eigenvalue weighted by Gasteiger charge is -2.27. The number of carbonyl (C=O) groups is 3. The van der Waals surface area contributed by atoms with Crippen LogP contribution in [0.15, 0.2) is 64.6 Å². The summed E-state index contributed by atoms with van der Waals surface area (Å²) in [6.45, 7) is 6.14. The molecule has 184 valence electrons. The van der Waals surface area contributed by atoms with Gasteiger partial charge in [0.2, 0.25) is 0 Å². The van der Waals surface area contributed by atoms with Gasteiger partial charge in [-0.3, -0.25) is 14.9 Å². The van der Waals surface area contributed by atoms with Gasteiger partial charge < -0.3 is 4.74 Å². The molecule has 1 heterocycles. The van der Waals surface area contributed by atoms with Crippen LogP contribution in [0.5, 0.6) is 5.75 Å². The lowest BCUT2D eigenvalue weighted by molar-refractivity contribution is -0.122. The summed E-state index contributed by atoms with van der Waals surface area (Å²) in [4.78, 5) is 39.5. The predicted octanol–water partition coefficient (Wildman–Crippen LogP) is 6.38. The summed E-state index contributed by atoms with van der Waals surface area (Å²) in [5.41, 5.74) is 4.60. The van der Waals surface area contributed by atoms with Crippen LogP contribution in [0.4, 0.5) is 10.5 Å². The summed E-state index contributed by atoms with van der Waals surface area (Å²) in [6.07, 6.45) is 1.99. The Morgan fingerprint density at radius 1 is 1.03 bits per heavy atom. The van der Waals surface area contributed by atoms with Crippen molar-refractivity contribution in [3.63, 3.8) is 0 Å². The third-order valence-electron chi connectivity index (χ3n) is 5.96. The molecule has 0 radical (unpaired) electrons. The van der Waals surface area contributed by atoms with Gasteiger partial charge >= 0.3 is 6.03 Å². The molecule has 36 heavy (non-hydrogen) atoms. The Kier molecular flexibility index (Phi) is 7.62. The molecule has 0 bridgehead atoms. The highest BCUT2D eigenvalue weighted by atomic mass is 79.9. The van der Waals surface area contributed by atoms with Crippen LogP contribution in [0.1, 0.15) is 34.7 Å². The number of amides is 4. The van der Waals surface area contributed by atoms with Gasteiger partial charge in [0.15, 0.2) is 0 Å². The van der Waals surface area contributed by atoms with E-state index in [1.54, 1.807) is 24.3 Å². The molecule has 0 aliphatic carbocycles. The van der Waals surface area contributed by atoms with Crippen molar-refractivity contribution >= 4 is 57.1 Å². The molecule has 1 N–H and O–H groups in total. The third kappa shape index (κ3) is 5.22. The number of anilines is 1. The summed E-state index contributed by atoms with van der Waals surface area (Å²) in [6, 6.07) is 15.6. The quantitative estimate of drug-likeness (QED) is 0.277. The summed E-state index contributed by atoms with van der Waals surface area (Å²) >= 11 is 9.98. The zero-order valence-corrected chi connectivity index (χ0v) is 22.4. The van der Waals surface area contributed by atoms with Gasteiger partial charge in [0.1, 0.15) is 11.3 Å². The molecule has 1 saturated heterocycles. The third-order valence-corrected chi connectivity index (χ3v) is 7.04. The van der Waals surface area contributed by atoms with Crippen molar-refractivity contribution in [2.75, 3.05) is 11.5 Å². The topological polar surface area (TPSA) is 75.7 Å². The molecule has 1 aliphatic heterocycles. The van der Waals surface area contributed by atoms with Crippen LogP contribution < -0.4 is 15.0 Å². The Labute approximate surface area is 223 Å². The number of aryl methyl sites for hydroxylation is 2. The summed E-state index contributed by atoms with van der Waals surface area (Å²) in [7, 11) is 0. The van der Waals surface area contributed by atoms with Gasteiger partial charge in [0, 0.05) is 21.5 Å². The number of nitrogens with zero attached hydrogens (tertiary/aromatic N) is 1. The zero-order chi connectivity index (χ0) is 26.0. The SMILES string of the molecule is CCOc1cc(/C=C2\C(=O)NC(=O)N(c3ccc(C)c(C)c3)C2=O)cc(Br)c1Cc1ccccc1Cl. The number of imide groups is 2. The average Bonchev–Trinajstić information content (AvgIpc) is 2.82. The van der Waals surface area contributed by atoms with E-state index in [0.717, 1.165) is 31.6 Å².